The summed E-state index contributed by atoms with van der Waals surface area (Å²) in [5, 5.41) is 13.6. The predicted octanol–water partition coefficient (Wildman–Crippen LogP) is 4.73. The molecule has 134 valence electrons. The predicted molar refractivity (Wildman–Crippen MR) is 102 cm³/mol. The largest absolute Gasteiger partial charge is 0.322 e. The first kappa shape index (κ1) is 18.3. The average Bonchev–Trinajstić information content (AvgIpc) is 2.68. The maximum absolute atomic E-state index is 12.4. The van der Waals surface area contributed by atoms with Crippen LogP contribution in [0.25, 0.3) is 0 Å². The lowest BCUT2D eigenvalue weighted by atomic mass is 10.0. The molecule has 0 aliphatic carbocycles. The second-order valence-electron chi connectivity index (χ2n) is 5.65. The summed E-state index contributed by atoms with van der Waals surface area (Å²) in [4.78, 5) is 35.0. The second kappa shape index (κ2) is 7.80. The van der Waals surface area contributed by atoms with Gasteiger partial charge >= 0.3 is 0 Å². The molecule has 27 heavy (non-hydrogen) atoms. The summed E-state index contributed by atoms with van der Waals surface area (Å²) in [7, 11) is 0. The molecule has 0 spiro atoms. The fraction of sp³-hybridized carbons (Fsp3) is 0. The van der Waals surface area contributed by atoms with E-state index in [0.717, 1.165) is 6.07 Å². The molecule has 0 radical (unpaired) electrons. The molecule has 1 N–H and O–H groups in total. The van der Waals surface area contributed by atoms with Crippen molar-refractivity contribution in [1.82, 2.24) is 0 Å². The van der Waals surface area contributed by atoms with Gasteiger partial charge in [0.2, 0.25) is 0 Å². The Bertz CT molecular complexity index is 1020. The van der Waals surface area contributed by atoms with Gasteiger partial charge in [-0.3, -0.25) is 19.7 Å². The molecular weight excluding hydrogens is 368 g/mol. The molecule has 0 fully saturated rings. The van der Waals surface area contributed by atoms with Crippen molar-refractivity contribution < 1.29 is 14.5 Å². The van der Waals surface area contributed by atoms with Gasteiger partial charge in [-0.25, -0.2) is 0 Å². The lowest BCUT2D eigenvalue weighted by molar-refractivity contribution is -0.384. The molecular formula is C20H13ClN2O4. The molecule has 3 aromatic rings. The molecule has 3 aromatic carbocycles. The smallest absolute Gasteiger partial charge is 0.270 e. The molecule has 0 aromatic heterocycles. The van der Waals surface area contributed by atoms with Gasteiger partial charge in [0.25, 0.3) is 11.6 Å². The highest BCUT2D eigenvalue weighted by Crippen LogP contribution is 2.23. The van der Waals surface area contributed by atoms with Gasteiger partial charge in [-0.05, 0) is 30.3 Å². The van der Waals surface area contributed by atoms with Crippen molar-refractivity contribution in [2.45, 2.75) is 0 Å². The Balaban J connectivity index is 1.77. The maximum Gasteiger partial charge on any atom is 0.270 e. The highest BCUT2D eigenvalue weighted by atomic mass is 35.5. The SMILES string of the molecule is O=C(c1ccccc1)c1ccc(NC(=O)c2cc([N+](=O)[O-])ccc2Cl)cc1. The summed E-state index contributed by atoms with van der Waals surface area (Å²) in [6.45, 7) is 0. The highest BCUT2D eigenvalue weighted by Gasteiger charge is 2.16. The number of nitrogens with one attached hydrogen (secondary N) is 1. The van der Waals surface area contributed by atoms with E-state index in [1.54, 1.807) is 48.5 Å². The van der Waals surface area contributed by atoms with Gasteiger partial charge < -0.3 is 5.32 Å². The monoisotopic (exact) mass is 380 g/mol. The topological polar surface area (TPSA) is 89.3 Å². The third kappa shape index (κ3) is 4.19. The first-order valence-corrected chi connectivity index (χ1v) is 8.28. The van der Waals surface area contributed by atoms with Crippen LogP contribution >= 0.6 is 11.6 Å². The molecule has 7 heteroatoms. The lowest BCUT2D eigenvalue weighted by Gasteiger charge is -2.08. The minimum absolute atomic E-state index is 0.00435. The first-order chi connectivity index (χ1) is 13.0. The fourth-order valence-corrected chi connectivity index (χ4v) is 2.66. The molecule has 1 amide bonds. The van der Waals surface area contributed by atoms with Gasteiger partial charge in [0.1, 0.15) is 0 Å². The van der Waals surface area contributed by atoms with Crippen molar-refractivity contribution in [2.75, 3.05) is 5.32 Å². The fourth-order valence-electron chi connectivity index (χ4n) is 2.46. The van der Waals surface area contributed by atoms with Crippen molar-refractivity contribution >= 4 is 34.7 Å². The van der Waals surface area contributed by atoms with Crippen molar-refractivity contribution in [2.24, 2.45) is 0 Å². The summed E-state index contributed by atoms with van der Waals surface area (Å²) in [6.07, 6.45) is 0. The zero-order chi connectivity index (χ0) is 19.4. The van der Waals surface area contributed by atoms with E-state index < -0.39 is 10.8 Å². The molecule has 6 nitrogen and oxygen atoms in total. The quantitative estimate of drug-likeness (QED) is 0.393. The molecule has 0 atom stereocenters. The van der Waals surface area contributed by atoms with E-state index >= 15 is 0 Å². The van der Waals surface area contributed by atoms with Crippen LogP contribution in [0.15, 0.2) is 72.8 Å². The first-order valence-electron chi connectivity index (χ1n) is 7.91. The highest BCUT2D eigenvalue weighted by molar-refractivity contribution is 6.34. The molecule has 0 unspecified atom stereocenters. The standard InChI is InChI=1S/C20H13ClN2O4/c21-18-11-10-16(23(26)27)12-17(18)20(25)22-15-8-6-14(7-9-15)19(24)13-4-2-1-3-5-13/h1-12H,(H,22,25). The zero-order valence-electron chi connectivity index (χ0n) is 13.9. The number of benzene rings is 3. The van der Waals surface area contributed by atoms with E-state index in [2.05, 4.69) is 5.32 Å². The number of ketones is 1. The van der Waals surface area contributed by atoms with Gasteiger partial charge in [-0.2, -0.15) is 0 Å². The van der Waals surface area contributed by atoms with E-state index in [9.17, 15) is 19.7 Å². The number of nitro groups is 1. The van der Waals surface area contributed by atoms with Crippen LogP contribution in [0.4, 0.5) is 11.4 Å². The number of anilines is 1. The van der Waals surface area contributed by atoms with Gasteiger partial charge in [0, 0.05) is 28.9 Å². The summed E-state index contributed by atoms with van der Waals surface area (Å²) in [5.41, 5.74) is 1.25. The number of nitro benzene ring substituents is 1. The van der Waals surface area contributed by atoms with Crippen molar-refractivity contribution in [3.63, 3.8) is 0 Å². The molecule has 0 aliphatic heterocycles. The molecule has 0 saturated heterocycles. The van der Waals surface area contributed by atoms with Crippen molar-refractivity contribution in [3.05, 3.63) is 105 Å². The van der Waals surface area contributed by atoms with Gasteiger partial charge in [-0.15, -0.1) is 0 Å². The van der Waals surface area contributed by atoms with Crippen LogP contribution in [0, 0.1) is 10.1 Å². The van der Waals surface area contributed by atoms with E-state index in [0.29, 0.717) is 16.8 Å². The Morgan fingerprint density at radius 3 is 2.15 bits per heavy atom. The van der Waals surface area contributed by atoms with Crippen molar-refractivity contribution in [1.29, 1.82) is 0 Å². The van der Waals surface area contributed by atoms with E-state index in [4.69, 9.17) is 11.6 Å². The van der Waals surface area contributed by atoms with Gasteiger partial charge in [0.15, 0.2) is 5.78 Å². The summed E-state index contributed by atoms with van der Waals surface area (Å²) in [6, 6.07) is 18.8. The van der Waals surface area contributed by atoms with E-state index in [1.807, 2.05) is 6.07 Å². The summed E-state index contributed by atoms with van der Waals surface area (Å²) in [5.74, 6) is -0.707. The number of carbonyl (C=O) groups is 2. The summed E-state index contributed by atoms with van der Waals surface area (Å²) < 4.78 is 0. The third-order valence-electron chi connectivity index (χ3n) is 3.85. The number of non-ortho nitro benzene ring substituents is 1. The lowest BCUT2D eigenvalue weighted by Crippen LogP contribution is -2.13. The van der Waals surface area contributed by atoms with Crippen LogP contribution in [0.2, 0.25) is 5.02 Å². The Morgan fingerprint density at radius 1 is 0.889 bits per heavy atom. The molecule has 0 saturated carbocycles. The number of hydrogen-bond donors (Lipinski definition) is 1. The number of rotatable bonds is 5. The number of halogens is 1. The number of carbonyl (C=O) groups excluding carboxylic acids is 2. The molecule has 0 aliphatic rings. The molecule has 0 bridgehead atoms. The van der Waals surface area contributed by atoms with Crippen LogP contribution in [0.3, 0.4) is 0 Å². The minimum Gasteiger partial charge on any atom is -0.322 e. The average molecular weight is 381 g/mol. The van der Waals surface area contributed by atoms with Crippen LogP contribution in [-0.2, 0) is 0 Å². The van der Waals surface area contributed by atoms with E-state index in [-0.39, 0.29) is 22.1 Å². The summed E-state index contributed by atoms with van der Waals surface area (Å²) >= 11 is 5.97. The van der Waals surface area contributed by atoms with Crippen LogP contribution in [0.1, 0.15) is 26.3 Å². The Morgan fingerprint density at radius 2 is 1.52 bits per heavy atom. The van der Waals surface area contributed by atoms with Gasteiger partial charge in [-0.1, -0.05) is 41.9 Å². The van der Waals surface area contributed by atoms with Crippen LogP contribution in [-0.4, -0.2) is 16.6 Å². The zero-order valence-corrected chi connectivity index (χ0v) is 14.6. The Hall–Kier alpha value is -3.51. The second-order valence-corrected chi connectivity index (χ2v) is 6.06. The number of amides is 1. The molecule has 3 rings (SSSR count). The third-order valence-corrected chi connectivity index (χ3v) is 4.18. The Labute approximate surface area is 159 Å². The van der Waals surface area contributed by atoms with E-state index in [1.165, 1.54) is 12.1 Å². The Kier molecular flexibility index (Phi) is 5.28. The molecule has 0 heterocycles. The minimum atomic E-state index is -0.600. The normalized spacial score (nSPS) is 10.3. The van der Waals surface area contributed by atoms with Crippen LogP contribution < -0.4 is 5.32 Å². The maximum atomic E-state index is 12.4. The number of hydrogen-bond acceptors (Lipinski definition) is 4. The van der Waals surface area contributed by atoms with Gasteiger partial charge in [0.05, 0.1) is 15.5 Å². The van der Waals surface area contributed by atoms with Crippen LogP contribution in [0.5, 0.6) is 0 Å². The van der Waals surface area contributed by atoms with Crippen molar-refractivity contribution in [3.8, 4) is 0 Å². The number of nitrogens with zero attached hydrogens (tertiary/aromatic N) is 1.